The van der Waals surface area contributed by atoms with Crippen LogP contribution < -0.4 is 4.74 Å². The molecule has 0 amide bonds. The third-order valence-corrected chi connectivity index (χ3v) is 2.28. The van der Waals surface area contributed by atoms with Gasteiger partial charge in [0.25, 0.3) is 11.8 Å². The van der Waals surface area contributed by atoms with Gasteiger partial charge in [-0.2, -0.15) is 0 Å². The number of ether oxygens (including phenoxy) is 3. The maximum Gasteiger partial charge on any atom is 0.359 e. The van der Waals surface area contributed by atoms with Crippen LogP contribution in [0.25, 0.3) is 0 Å². The van der Waals surface area contributed by atoms with Crippen molar-refractivity contribution >= 4 is 17.6 Å². The van der Waals surface area contributed by atoms with E-state index in [4.69, 9.17) is 14.2 Å². The molecule has 0 saturated heterocycles. The minimum atomic E-state index is -1.62. The van der Waals surface area contributed by atoms with Gasteiger partial charge in [-0.1, -0.05) is 6.07 Å². The highest BCUT2D eigenvalue weighted by Crippen LogP contribution is 2.20. The van der Waals surface area contributed by atoms with E-state index in [0.29, 0.717) is 0 Å². The summed E-state index contributed by atoms with van der Waals surface area (Å²) < 4.78 is 14.6. The predicted octanol–water partition coefficient (Wildman–Crippen LogP) is 1.47. The van der Waals surface area contributed by atoms with Gasteiger partial charge in [0.2, 0.25) is 0 Å². The van der Waals surface area contributed by atoms with Gasteiger partial charge in [-0.3, -0.25) is 10.1 Å². The van der Waals surface area contributed by atoms with Crippen LogP contribution in [-0.2, 0) is 19.1 Å². The average molecular weight is 297 g/mol. The molecule has 0 bridgehead atoms. The summed E-state index contributed by atoms with van der Waals surface area (Å²) in [6.07, 6.45) is -1.62. The van der Waals surface area contributed by atoms with E-state index < -0.39 is 23.0 Å². The highest BCUT2D eigenvalue weighted by atomic mass is 16.6. The van der Waals surface area contributed by atoms with Gasteiger partial charge in [-0.05, 0) is 19.9 Å². The first kappa shape index (κ1) is 16.4. The quantitative estimate of drug-likeness (QED) is 0.325. The molecule has 21 heavy (non-hydrogen) atoms. The number of hydrogen-bond acceptors (Lipinski definition) is 7. The van der Waals surface area contributed by atoms with E-state index in [0.717, 1.165) is 6.07 Å². The fourth-order valence-corrected chi connectivity index (χ4v) is 1.43. The Morgan fingerprint density at radius 3 is 2.24 bits per heavy atom. The molecule has 0 heterocycles. The maximum absolute atomic E-state index is 11.7. The van der Waals surface area contributed by atoms with Crippen molar-refractivity contribution < 1.29 is 28.7 Å². The summed E-state index contributed by atoms with van der Waals surface area (Å²) in [5.74, 6) is -1.83. The Balaban J connectivity index is 2.94. The molecule has 0 aromatic heterocycles. The number of non-ortho nitro benzene ring substituents is 1. The standard InChI is InChI=1S/C13H15NO7/c1-3-19-12(15)11(13(16)20-4-2)21-10-7-5-6-9(8-10)14(17)18/h5-8,11H,3-4H2,1-2H3. The van der Waals surface area contributed by atoms with E-state index in [1.54, 1.807) is 13.8 Å². The largest absolute Gasteiger partial charge is 0.467 e. The van der Waals surface area contributed by atoms with Gasteiger partial charge in [-0.15, -0.1) is 0 Å². The topological polar surface area (TPSA) is 105 Å². The molecule has 0 aliphatic rings. The first-order valence-corrected chi connectivity index (χ1v) is 6.24. The molecule has 0 spiro atoms. The van der Waals surface area contributed by atoms with E-state index in [1.807, 2.05) is 0 Å². The van der Waals surface area contributed by atoms with E-state index in [9.17, 15) is 19.7 Å². The summed E-state index contributed by atoms with van der Waals surface area (Å²) in [6.45, 7) is 3.28. The van der Waals surface area contributed by atoms with Gasteiger partial charge in [0, 0.05) is 6.07 Å². The van der Waals surface area contributed by atoms with Gasteiger partial charge < -0.3 is 14.2 Å². The Kier molecular flexibility index (Phi) is 6.12. The molecule has 0 aliphatic heterocycles. The smallest absolute Gasteiger partial charge is 0.359 e. The van der Waals surface area contributed by atoms with Crippen LogP contribution >= 0.6 is 0 Å². The zero-order valence-corrected chi connectivity index (χ0v) is 11.6. The summed E-state index contributed by atoms with van der Waals surface area (Å²) in [5.41, 5.74) is -0.223. The fraction of sp³-hybridized carbons (Fsp3) is 0.385. The van der Waals surface area contributed by atoms with Gasteiger partial charge >= 0.3 is 11.9 Å². The molecule has 0 N–H and O–H groups in total. The zero-order valence-electron chi connectivity index (χ0n) is 11.6. The summed E-state index contributed by atoms with van der Waals surface area (Å²) in [6, 6.07) is 5.13. The number of esters is 2. The Hall–Kier alpha value is -2.64. The number of benzene rings is 1. The van der Waals surface area contributed by atoms with Crippen LogP contribution in [0.4, 0.5) is 5.69 Å². The molecule has 0 unspecified atom stereocenters. The van der Waals surface area contributed by atoms with Crippen molar-refractivity contribution in [3.05, 3.63) is 34.4 Å². The summed E-state index contributed by atoms with van der Waals surface area (Å²) in [4.78, 5) is 33.5. The lowest BCUT2D eigenvalue weighted by molar-refractivity contribution is -0.385. The van der Waals surface area contributed by atoms with E-state index in [2.05, 4.69) is 0 Å². The molecule has 8 nitrogen and oxygen atoms in total. The van der Waals surface area contributed by atoms with E-state index in [-0.39, 0.29) is 24.7 Å². The lowest BCUT2D eigenvalue weighted by Crippen LogP contribution is -2.38. The first-order valence-electron chi connectivity index (χ1n) is 6.24. The second kappa shape index (κ2) is 7.83. The van der Waals surface area contributed by atoms with E-state index in [1.165, 1.54) is 18.2 Å². The number of carbonyl (C=O) groups excluding carboxylic acids is 2. The molecule has 1 rings (SSSR count). The molecule has 0 aliphatic carbocycles. The van der Waals surface area contributed by atoms with Crippen LogP contribution in [0.5, 0.6) is 5.75 Å². The zero-order chi connectivity index (χ0) is 15.8. The average Bonchev–Trinajstić information content (AvgIpc) is 2.45. The summed E-state index contributed by atoms with van der Waals surface area (Å²) >= 11 is 0. The highest BCUT2D eigenvalue weighted by molar-refractivity contribution is 5.98. The van der Waals surface area contributed by atoms with Crippen LogP contribution in [0.15, 0.2) is 24.3 Å². The molecular weight excluding hydrogens is 282 g/mol. The Bertz CT molecular complexity index is 511. The Labute approximate surface area is 120 Å². The molecule has 0 saturated carbocycles. The number of hydrogen-bond donors (Lipinski definition) is 0. The van der Waals surface area contributed by atoms with Crippen molar-refractivity contribution in [2.75, 3.05) is 13.2 Å². The predicted molar refractivity (Wildman–Crippen MR) is 70.8 cm³/mol. The van der Waals surface area contributed by atoms with Gasteiger partial charge in [0.1, 0.15) is 5.75 Å². The third-order valence-electron chi connectivity index (χ3n) is 2.28. The summed E-state index contributed by atoms with van der Waals surface area (Å²) in [5, 5.41) is 10.7. The minimum Gasteiger partial charge on any atom is -0.467 e. The van der Waals surface area contributed by atoms with Crippen LogP contribution in [0, 0.1) is 10.1 Å². The van der Waals surface area contributed by atoms with Crippen molar-refractivity contribution in [1.82, 2.24) is 0 Å². The van der Waals surface area contributed by atoms with Crippen molar-refractivity contribution in [1.29, 1.82) is 0 Å². The number of nitrogens with zero attached hydrogens (tertiary/aromatic N) is 1. The summed E-state index contributed by atoms with van der Waals surface area (Å²) in [7, 11) is 0. The second-order valence-corrected chi connectivity index (χ2v) is 3.76. The lowest BCUT2D eigenvalue weighted by Gasteiger charge is -2.16. The minimum absolute atomic E-state index is 0.00435. The van der Waals surface area contributed by atoms with Crippen LogP contribution in [-0.4, -0.2) is 36.2 Å². The fourth-order valence-electron chi connectivity index (χ4n) is 1.43. The number of rotatable bonds is 7. The SMILES string of the molecule is CCOC(=O)C(Oc1cccc([N+](=O)[O-])c1)C(=O)OCC. The third kappa shape index (κ3) is 4.75. The van der Waals surface area contributed by atoms with Gasteiger partial charge in [0.05, 0.1) is 24.2 Å². The lowest BCUT2D eigenvalue weighted by atomic mass is 10.3. The van der Waals surface area contributed by atoms with Crippen LogP contribution in [0.1, 0.15) is 13.8 Å². The van der Waals surface area contributed by atoms with Gasteiger partial charge in [0.15, 0.2) is 0 Å². The molecule has 1 aromatic carbocycles. The molecule has 0 radical (unpaired) electrons. The maximum atomic E-state index is 11.7. The molecular formula is C13H15NO7. The Morgan fingerprint density at radius 2 is 1.76 bits per heavy atom. The molecule has 114 valence electrons. The molecule has 0 atom stereocenters. The number of carbonyl (C=O) groups is 2. The normalized spacial score (nSPS) is 10.0. The van der Waals surface area contributed by atoms with Crippen LogP contribution in [0.2, 0.25) is 0 Å². The van der Waals surface area contributed by atoms with Crippen LogP contribution in [0.3, 0.4) is 0 Å². The molecule has 8 heteroatoms. The highest BCUT2D eigenvalue weighted by Gasteiger charge is 2.32. The number of nitro groups is 1. The molecule has 0 fully saturated rings. The van der Waals surface area contributed by atoms with E-state index >= 15 is 0 Å². The Morgan fingerprint density at radius 1 is 1.19 bits per heavy atom. The second-order valence-electron chi connectivity index (χ2n) is 3.76. The monoisotopic (exact) mass is 297 g/mol. The number of nitro benzene ring substituents is 1. The molecule has 1 aromatic rings. The van der Waals surface area contributed by atoms with Crippen molar-refractivity contribution in [2.45, 2.75) is 20.0 Å². The first-order chi connectivity index (χ1) is 9.99. The van der Waals surface area contributed by atoms with Gasteiger partial charge in [-0.25, -0.2) is 9.59 Å². The van der Waals surface area contributed by atoms with Crippen molar-refractivity contribution in [2.24, 2.45) is 0 Å². The van der Waals surface area contributed by atoms with Crippen molar-refractivity contribution in [3.8, 4) is 5.75 Å². The van der Waals surface area contributed by atoms with Crippen molar-refractivity contribution in [3.63, 3.8) is 0 Å².